The lowest BCUT2D eigenvalue weighted by molar-refractivity contribution is 0.202. The van der Waals surface area contributed by atoms with E-state index in [1.807, 2.05) is 0 Å². The first-order valence-corrected chi connectivity index (χ1v) is 8.82. The van der Waals surface area contributed by atoms with Gasteiger partial charge in [-0.25, -0.2) is 12.7 Å². The van der Waals surface area contributed by atoms with Gasteiger partial charge in [0.2, 0.25) is 10.0 Å². The van der Waals surface area contributed by atoms with E-state index < -0.39 is 10.0 Å². The summed E-state index contributed by atoms with van der Waals surface area (Å²) in [6.45, 7) is 2.58. The Morgan fingerprint density at radius 1 is 1.38 bits per heavy atom. The molecule has 0 aliphatic carbocycles. The maximum absolute atomic E-state index is 12.6. The molecule has 0 spiro atoms. The molecule has 0 aromatic heterocycles. The topological polar surface area (TPSA) is 66.6 Å². The van der Waals surface area contributed by atoms with Gasteiger partial charge in [-0.3, -0.25) is 0 Å². The van der Waals surface area contributed by atoms with Crippen molar-refractivity contribution < 1.29 is 8.42 Å². The molecular formula is C14H22ClN3O2S. The molecule has 0 bridgehead atoms. The molecule has 2 rings (SSSR count). The fraction of sp³-hybridized carbons (Fsp3) is 0.571. The second-order valence-corrected chi connectivity index (χ2v) is 8.17. The Bertz CT molecular complexity index is 598. The third kappa shape index (κ3) is 3.88. The smallest absolute Gasteiger partial charge is 0.242 e. The maximum atomic E-state index is 12.6. The molecule has 21 heavy (non-hydrogen) atoms. The summed E-state index contributed by atoms with van der Waals surface area (Å²) in [4.78, 5) is 2.46. The Morgan fingerprint density at radius 2 is 2.00 bits per heavy atom. The molecule has 1 saturated heterocycles. The van der Waals surface area contributed by atoms with Crippen LogP contribution >= 0.6 is 11.6 Å². The highest BCUT2D eigenvalue weighted by atomic mass is 35.5. The van der Waals surface area contributed by atoms with Gasteiger partial charge in [-0.05, 0) is 57.1 Å². The van der Waals surface area contributed by atoms with Crippen LogP contribution in [-0.2, 0) is 10.0 Å². The molecule has 1 aliphatic heterocycles. The first kappa shape index (κ1) is 16.5. The number of nitrogens with two attached hydrogens (primary N) is 1. The van der Waals surface area contributed by atoms with Crippen molar-refractivity contribution in [3.05, 3.63) is 23.2 Å². The minimum Gasteiger partial charge on any atom is -0.397 e. The summed E-state index contributed by atoms with van der Waals surface area (Å²) in [5.74, 6) is 0.408. The lowest BCUT2D eigenvalue weighted by Gasteiger charge is -2.31. The molecule has 1 aromatic carbocycles. The predicted molar refractivity (Wildman–Crippen MR) is 85.9 cm³/mol. The van der Waals surface area contributed by atoms with Crippen molar-refractivity contribution in [3.63, 3.8) is 0 Å². The third-order valence-corrected chi connectivity index (χ3v) is 6.19. The molecule has 1 aliphatic rings. The molecule has 1 fully saturated rings. The van der Waals surface area contributed by atoms with E-state index in [9.17, 15) is 8.42 Å². The standard InChI is InChI=1S/C14H22ClN3O2S/c1-17-7-5-11(6-8-17)10-18(2)21(19,20)12-3-4-13(15)14(16)9-12/h3-4,9,11H,5-8,10,16H2,1-2H3. The summed E-state index contributed by atoms with van der Waals surface area (Å²) in [6, 6.07) is 4.44. The zero-order valence-electron chi connectivity index (χ0n) is 12.4. The van der Waals surface area contributed by atoms with Gasteiger partial charge in [0.05, 0.1) is 15.6 Å². The number of likely N-dealkylation sites (tertiary alicyclic amines) is 1. The summed E-state index contributed by atoms with van der Waals surface area (Å²) in [7, 11) is 0.204. The first-order chi connectivity index (χ1) is 9.80. The van der Waals surface area contributed by atoms with Gasteiger partial charge >= 0.3 is 0 Å². The number of nitrogen functional groups attached to an aromatic ring is 1. The van der Waals surface area contributed by atoms with Crippen molar-refractivity contribution in [1.29, 1.82) is 0 Å². The van der Waals surface area contributed by atoms with Crippen LogP contribution in [0.2, 0.25) is 5.02 Å². The van der Waals surface area contributed by atoms with Gasteiger partial charge in [0.1, 0.15) is 0 Å². The van der Waals surface area contributed by atoms with Crippen molar-refractivity contribution in [2.75, 3.05) is 39.5 Å². The zero-order valence-corrected chi connectivity index (χ0v) is 14.0. The lowest BCUT2D eigenvalue weighted by Crippen LogP contribution is -2.37. The number of anilines is 1. The quantitative estimate of drug-likeness (QED) is 0.855. The largest absolute Gasteiger partial charge is 0.397 e. The average Bonchev–Trinajstić information content (AvgIpc) is 2.44. The second-order valence-electron chi connectivity index (χ2n) is 5.72. The van der Waals surface area contributed by atoms with Gasteiger partial charge in [-0.2, -0.15) is 0 Å². The SMILES string of the molecule is CN1CCC(CN(C)S(=O)(=O)c2ccc(Cl)c(N)c2)CC1. The second kappa shape index (κ2) is 6.52. The van der Waals surface area contributed by atoms with Crippen LogP contribution in [0.4, 0.5) is 5.69 Å². The molecule has 0 unspecified atom stereocenters. The third-order valence-electron chi connectivity index (χ3n) is 4.03. The van der Waals surface area contributed by atoms with Crippen LogP contribution in [0.1, 0.15) is 12.8 Å². The Morgan fingerprint density at radius 3 is 2.57 bits per heavy atom. The van der Waals surface area contributed by atoms with E-state index in [4.69, 9.17) is 17.3 Å². The van der Waals surface area contributed by atoms with E-state index in [0.717, 1.165) is 25.9 Å². The normalized spacial score (nSPS) is 18.3. The molecule has 0 amide bonds. The van der Waals surface area contributed by atoms with Gasteiger partial charge in [-0.1, -0.05) is 11.6 Å². The van der Waals surface area contributed by atoms with Crippen LogP contribution in [0.15, 0.2) is 23.1 Å². The number of piperidine rings is 1. The molecule has 0 saturated carbocycles. The van der Waals surface area contributed by atoms with E-state index in [0.29, 0.717) is 17.5 Å². The van der Waals surface area contributed by atoms with Crippen molar-refractivity contribution in [1.82, 2.24) is 9.21 Å². The van der Waals surface area contributed by atoms with Crippen molar-refractivity contribution in [2.45, 2.75) is 17.7 Å². The van der Waals surface area contributed by atoms with E-state index in [1.54, 1.807) is 7.05 Å². The Balaban J connectivity index is 2.09. The minimum atomic E-state index is -3.51. The number of sulfonamides is 1. The van der Waals surface area contributed by atoms with Crippen LogP contribution in [0.3, 0.4) is 0 Å². The monoisotopic (exact) mass is 331 g/mol. The lowest BCUT2D eigenvalue weighted by atomic mass is 9.97. The molecule has 118 valence electrons. The molecule has 1 aromatic rings. The van der Waals surface area contributed by atoms with Gasteiger partial charge in [-0.15, -0.1) is 0 Å². The number of hydrogen-bond acceptors (Lipinski definition) is 4. The van der Waals surface area contributed by atoms with Crippen LogP contribution in [0, 0.1) is 5.92 Å². The number of halogens is 1. The molecule has 0 atom stereocenters. The van der Waals surface area contributed by atoms with Crippen LogP contribution in [0.5, 0.6) is 0 Å². The summed E-state index contributed by atoms with van der Waals surface area (Å²) < 4.78 is 26.5. The predicted octanol–water partition coefficient (Wildman–Crippen LogP) is 1.88. The van der Waals surface area contributed by atoms with E-state index in [-0.39, 0.29) is 10.6 Å². The van der Waals surface area contributed by atoms with E-state index in [1.165, 1.54) is 22.5 Å². The average molecular weight is 332 g/mol. The Labute approximate surface area is 131 Å². The Kier molecular flexibility index (Phi) is 5.14. The van der Waals surface area contributed by atoms with Crippen LogP contribution in [0.25, 0.3) is 0 Å². The highest BCUT2D eigenvalue weighted by molar-refractivity contribution is 7.89. The maximum Gasteiger partial charge on any atom is 0.242 e. The van der Waals surface area contributed by atoms with Crippen LogP contribution < -0.4 is 5.73 Å². The summed E-state index contributed by atoms with van der Waals surface area (Å²) >= 11 is 5.84. The number of nitrogens with zero attached hydrogens (tertiary/aromatic N) is 2. The minimum absolute atomic E-state index is 0.194. The highest BCUT2D eigenvalue weighted by Crippen LogP contribution is 2.25. The fourth-order valence-corrected chi connectivity index (χ4v) is 3.97. The molecular weight excluding hydrogens is 310 g/mol. The summed E-state index contributed by atoms with van der Waals surface area (Å²) in [5, 5.41) is 0.368. The van der Waals surface area contributed by atoms with Gasteiger partial charge in [0, 0.05) is 13.6 Å². The first-order valence-electron chi connectivity index (χ1n) is 7.00. The number of benzene rings is 1. The van der Waals surface area contributed by atoms with E-state index in [2.05, 4.69) is 11.9 Å². The molecule has 1 heterocycles. The number of hydrogen-bond donors (Lipinski definition) is 1. The highest BCUT2D eigenvalue weighted by Gasteiger charge is 2.26. The molecule has 5 nitrogen and oxygen atoms in total. The van der Waals surface area contributed by atoms with Gasteiger partial charge in [0.25, 0.3) is 0 Å². The fourth-order valence-electron chi connectivity index (χ4n) is 2.57. The van der Waals surface area contributed by atoms with E-state index >= 15 is 0 Å². The molecule has 0 radical (unpaired) electrons. The van der Waals surface area contributed by atoms with Crippen molar-refractivity contribution in [3.8, 4) is 0 Å². The zero-order chi connectivity index (χ0) is 15.6. The van der Waals surface area contributed by atoms with Crippen molar-refractivity contribution in [2.24, 2.45) is 5.92 Å². The van der Waals surface area contributed by atoms with Gasteiger partial charge in [0.15, 0.2) is 0 Å². The summed E-state index contributed by atoms with van der Waals surface area (Å²) in [6.07, 6.45) is 2.05. The molecule has 7 heteroatoms. The van der Waals surface area contributed by atoms with Gasteiger partial charge < -0.3 is 10.6 Å². The van der Waals surface area contributed by atoms with Crippen molar-refractivity contribution >= 4 is 27.3 Å². The van der Waals surface area contributed by atoms with Crippen LogP contribution in [-0.4, -0.2) is 51.4 Å². The number of rotatable bonds is 4. The summed E-state index contributed by atoms with van der Waals surface area (Å²) in [5.41, 5.74) is 5.98. The Hall–Kier alpha value is -0.820. The molecule has 2 N–H and O–H groups in total.